The number of carbonyl (C=O) groups excluding carboxylic acids is 3. The number of aliphatic hydroxyl groups excluding tert-OH is 1. The highest BCUT2D eigenvalue weighted by molar-refractivity contribution is 5.93. The van der Waals surface area contributed by atoms with E-state index in [1.807, 2.05) is 20.8 Å². The van der Waals surface area contributed by atoms with E-state index in [0.717, 1.165) is 0 Å². The van der Waals surface area contributed by atoms with Crippen LogP contribution in [0, 0.1) is 28.1 Å². The van der Waals surface area contributed by atoms with E-state index in [0.29, 0.717) is 6.42 Å². The van der Waals surface area contributed by atoms with Crippen LogP contribution in [0.25, 0.3) is 0 Å². The molecule has 4 heterocycles. The van der Waals surface area contributed by atoms with Crippen molar-refractivity contribution in [2.24, 2.45) is 28.1 Å². The molecule has 0 unspecified atom stereocenters. The predicted octanol–water partition coefficient (Wildman–Crippen LogP) is -0.340. The van der Waals surface area contributed by atoms with Crippen LogP contribution in [0.1, 0.15) is 40.5 Å². The van der Waals surface area contributed by atoms with Gasteiger partial charge in [0.15, 0.2) is 11.7 Å². The van der Waals surface area contributed by atoms with Gasteiger partial charge in [0.1, 0.15) is 12.2 Å². The summed E-state index contributed by atoms with van der Waals surface area (Å²) in [7, 11) is 0. The maximum atomic E-state index is 13.3. The third-order valence-electron chi connectivity index (χ3n) is 8.97. The van der Waals surface area contributed by atoms with E-state index >= 15 is 0 Å². The van der Waals surface area contributed by atoms with Crippen LogP contribution < -0.4 is 0 Å². The lowest BCUT2D eigenvalue weighted by Crippen LogP contribution is -2.66. The standard InChI is InChI=1S/C20H24O9/c1-7-12(22)26-10-6-17-9-5-8(16(2,3)4)18(17)11(21)13(23)28-15(18)29-20(17,14(24)27-9)19(7,10)25/h7-11,15,21,25H,5-6H2,1-4H3/t7-,8+,9-,10+,11+,15+,17+,18+,19-,20-/m1/s1. The lowest BCUT2D eigenvalue weighted by molar-refractivity contribution is -0.238. The Morgan fingerprint density at radius 1 is 1.03 bits per heavy atom. The third-order valence-corrected chi connectivity index (χ3v) is 8.97. The number of esters is 3. The van der Waals surface area contributed by atoms with Crippen molar-refractivity contribution in [3.8, 4) is 0 Å². The monoisotopic (exact) mass is 408 g/mol. The minimum atomic E-state index is -1.97. The second-order valence-electron chi connectivity index (χ2n) is 10.6. The van der Waals surface area contributed by atoms with Crippen LogP contribution in [0.5, 0.6) is 0 Å². The highest BCUT2D eigenvalue weighted by atomic mass is 16.8. The van der Waals surface area contributed by atoms with Crippen LogP contribution in [0.3, 0.4) is 0 Å². The molecule has 2 N–H and O–H groups in total. The Bertz CT molecular complexity index is 893. The summed E-state index contributed by atoms with van der Waals surface area (Å²) in [5.41, 5.74) is -6.81. The molecule has 6 fully saturated rings. The molecule has 0 aromatic rings. The molecule has 9 heteroatoms. The summed E-state index contributed by atoms with van der Waals surface area (Å²) in [6, 6.07) is 0. The highest BCUT2D eigenvalue weighted by Gasteiger charge is 3.01. The fourth-order valence-corrected chi connectivity index (χ4v) is 8.06. The normalized spacial score (nSPS) is 59.2. The molecule has 0 aromatic heterocycles. The van der Waals surface area contributed by atoms with Gasteiger partial charge in [-0.15, -0.1) is 0 Å². The van der Waals surface area contributed by atoms with Crippen molar-refractivity contribution in [1.29, 1.82) is 0 Å². The lowest BCUT2D eigenvalue weighted by atomic mass is 9.51. The molecular weight excluding hydrogens is 384 g/mol. The number of hydrogen-bond donors (Lipinski definition) is 2. The fraction of sp³-hybridized carbons (Fsp3) is 0.850. The third kappa shape index (κ3) is 1.35. The largest absolute Gasteiger partial charge is 0.459 e. The first-order chi connectivity index (χ1) is 13.4. The zero-order valence-corrected chi connectivity index (χ0v) is 16.6. The van der Waals surface area contributed by atoms with E-state index in [9.17, 15) is 24.6 Å². The van der Waals surface area contributed by atoms with Crippen molar-refractivity contribution in [2.45, 2.75) is 76.3 Å². The van der Waals surface area contributed by atoms with Crippen molar-refractivity contribution in [1.82, 2.24) is 0 Å². The minimum Gasteiger partial charge on any atom is -0.459 e. The van der Waals surface area contributed by atoms with Gasteiger partial charge in [-0.2, -0.15) is 0 Å². The Hall–Kier alpha value is -1.71. The van der Waals surface area contributed by atoms with E-state index in [4.69, 9.17) is 18.9 Å². The summed E-state index contributed by atoms with van der Waals surface area (Å²) >= 11 is 0. The highest BCUT2D eigenvalue weighted by Crippen LogP contribution is 2.84. The zero-order valence-electron chi connectivity index (χ0n) is 16.6. The van der Waals surface area contributed by atoms with E-state index in [1.165, 1.54) is 6.92 Å². The van der Waals surface area contributed by atoms with E-state index in [1.54, 1.807) is 0 Å². The van der Waals surface area contributed by atoms with Crippen LogP contribution in [-0.2, 0) is 33.3 Å². The Balaban J connectivity index is 1.68. The average Bonchev–Trinajstić information content (AvgIpc) is 3.31. The summed E-state index contributed by atoms with van der Waals surface area (Å²) in [5.74, 6) is -3.52. The molecule has 2 aliphatic carbocycles. The van der Waals surface area contributed by atoms with E-state index < -0.39 is 70.5 Å². The van der Waals surface area contributed by atoms with Crippen LogP contribution >= 0.6 is 0 Å². The molecule has 6 aliphatic rings. The molecule has 10 atom stereocenters. The second kappa shape index (κ2) is 4.48. The Morgan fingerprint density at radius 2 is 1.72 bits per heavy atom. The van der Waals surface area contributed by atoms with Gasteiger partial charge in [-0.05, 0) is 24.7 Å². The summed E-state index contributed by atoms with van der Waals surface area (Å²) in [6.45, 7) is 7.47. The molecule has 6 rings (SSSR count). The number of aliphatic hydroxyl groups is 2. The van der Waals surface area contributed by atoms with Gasteiger partial charge in [0, 0.05) is 6.42 Å². The summed E-state index contributed by atoms with van der Waals surface area (Å²) in [4.78, 5) is 38.1. The van der Waals surface area contributed by atoms with Gasteiger partial charge in [-0.3, -0.25) is 4.79 Å². The fourth-order valence-electron chi connectivity index (χ4n) is 8.06. The molecular formula is C20H24O9. The topological polar surface area (TPSA) is 129 Å². The van der Waals surface area contributed by atoms with Gasteiger partial charge < -0.3 is 29.2 Å². The molecule has 0 bridgehead atoms. The summed E-state index contributed by atoms with van der Waals surface area (Å²) < 4.78 is 22.9. The van der Waals surface area contributed by atoms with E-state index in [-0.39, 0.29) is 17.8 Å². The minimum absolute atomic E-state index is 0.0623. The first-order valence-electron chi connectivity index (χ1n) is 10.1. The molecule has 29 heavy (non-hydrogen) atoms. The van der Waals surface area contributed by atoms with Crippen molar-refractivity contribution in [2.75, 3.05) is 0 Å². The van der Waals surface area contributed by atoms with Gasteiger partial charge in [-0.25, -0.2) is 9.59 Å². The average molecular weight is 408 g/mol. The number of fused-ring (bicyclic) bond motifs is 1. The lowest BCUT2D eigenvalue weighted by Gasteiger charge is -2.46. The summed E-state index contributed by atoms with van der Waals surface area (Å²) in [5, 5.41) is 23.0. The van der Waals surface area contributed by atoms with Crippen molar-refractivity contribution in [3.63, 3.8) is 0 Å². The molecule has 0 aromatic carbocycles. The molecule has 2 spiro atoms. The van der Waals surface area contributed by atoms with Crippen LogP contribution in [-0.4, -0.2) is 63.9 Å². The van der Waals surface area contributed by atoms with Crippen molar-refractivity contribution >= 4 is 17.9 Å². The number of carbonyl (C=O) groups is 3. The van der Waals surface area contributed by atoms with Crippen molar-refractivity contribution < 1.29 is 43.5 Å². The molecule has 2 saturated carbocycles. The first-order valence-corrected chi connectivity index (χ1v) is 10.1. The predicted molar refractivity (Wildman–Crippen MR) is 90.6 cm³/mol. The SMILES string of the molecule is C[C@@H]1C(=O)O[C@H]2C[C@]34[C@H]5C[C@@H](C(C)(C)C)[C@]36[C@@H](OC(=O)[C@@H]6O)O[C@@]4(C(=O)O5)[C@]21O. The van der Waals surface area contributed by atoms with Gasteiger partial charge >= 0.3 is 17.9 Å². The van der Waals surface area contributed by atoms with Crippen LogP contribution in [0.15, 0.2) is 0 Å². The Morgan fingerprint density at radius 3 is 2.38 bits per heavy atom. The molecule has 0 amide bonds. The van der Waals surface area contributed by atoms with Gasteiger partial charge in [-0.1, -0.05) is 20.8 Å². The van der Waals surface area contributed by atoms with Crippen LogP contribution in [0.4, 0.5) is 0 Å². The van der Waals surface area contributed by atoms with Crippen molar-refractivity contribution in [3.05, 3.63) is 0 Å². The quantitative estimate of drug-likeness (QED) is 0.408. The maximum Gasteiger partial charge on any atom is 0.342 e. The number of ether oxygens (including phenoxy) is 4. The van der Waals surface area contributed by atoms with Gasteiger partial charge in [0.05, 0.1) is 16.7 Å². The smallest absolute Gasteiger partial charge is 0.342 e. The van der Waals surface area contributed by atoms with Crippen LogP contribution in [0.2, 0.25) is 0 Å². The Labute approximate surface area is 166 Å². The summed E-state index contributed by atoms with van der Waals surface area (Å²) in [6.07, 6.45) is -3.96. The molecule has 0 radical (unpaired) electrons. The second-order valence-corrected chi connectivity index (χ2v) is 10.6. The van der Waals surface area contributed by atoms with E-state index in [2.05, 4.69) is 0 Å². The molecule has 4 aliphatic heterocycles. The molecule has 9 nitrogen and oxygen atoms in total. The first kappa shape index (κ1) is 18.1. The molecule has 4 saturated heterocycles. The Kier molecular flexibility index (Phi) is 2.79. The maximum absolute atomic E-state index is 13.3. The van der Waals surface area contributed by atoms with Gasteiger partial charge in [0.25, 0.3) is 0 Å². The number of rotatable bonds is 0. The number of hydrogen-bond acceptors (Lipinski definition) is 9. The molecule has 158 valence electrons. The zero-order chi connectivity index (χ0) is 20.9. The van der Waals surface area contributed by atoms with Gasteiger partial charge in [0.2, 0.25) is 11.9 Å².